The topological polar surface area (TPSA) is 21.3 Å². The third-order valence-electron chi connectivity index (χ3n) is 8.35. The lowest BCUT2D eigenvalue weighted by Crippen LogP contribution is -2.55. The van der Waals surface area contributed by atoms with Gasteiger partial charge in [-0.3, -0.25) is 0 Å². The molecule has 160 valence electrons. The molecule has 30 heavy (non-hydrogen) atoms. The Labute approximate surface area is 187 Å². The molecule has 2 fully saturated rings. The molecule has 0 saturated heterocycles. The second-order valence-corrected chi connectivity index (χ2v) is 10.7. The van der Waals surface area contributed by atoms with Crippen LogP contribution in [0.25, 0.3) is 0 Å². The molecule has 1 N–H and O–H groups in total. The first kappa shape index (κ1) is 20.4. The van der Waals surface area contributed by atoms with E-state index in [-0.39, 0.29) is 11.5 Å². The maximum absolute atomic E-state index is 15.0. The minimum Gasteiger partial charge on any atom is -0.497 e. The van der Waals surface area contributed by atoms with Gasteiger partial charge < -0.3 is 10.1 Å². The summed E-state index contributed by atoms with van der Waals surface area (Å²) >= 11 is 3.51. The van der Waals surface area contributed by atoms with E-state index in [1.54, 1.807) is 7.11 Å². The third-order valence-corrected chi connectivity index (χ3v) is 8.88. The fourth-order valence-electron chi connectivity index (χ4n) is 6.78. The van der Waals surface area contributed by atoms with Crippen molar-refractivity contribution in [2.45, 2.75) is 63.6 Å². The van der Waals surface area contributed by atoms with E-state index in [2.05, 4.69) is 70.6 Å². The fourth-order valence-corrected chi connectivity index (χ4v) is 7.04. The maximum atomic E-state index is 15.0. The van der Waals surface area contributed by atoms with Crippen molar-refractivity contribution in [2.24, 2.45) is 17.3 Å². The Morgan fingerprint density at radius 1 is 1.10 bits per heavy atom. The molecule has 2 aromatic rings. The monoisotopic (exact) mass is 471 g/mol. The predicted octanol–water partition coefficient (Wildman–Crippen LogP) is 7.13. The maximum Gasteiger partial charge on any atom is 0.119 e. The van der Waals surface area contributed by atoms with Crippen LogP contribution in [-0.4, -0.2) is 19.3 Å². The highest BCUT2D eigenvalue weighted by Gasteiger charge is 2.54. The normalized spacial score (nSPS) is 35.0. The third kappa shape index (κ3) is 3.45. The average molecular weight is 472 g/mol. The first-order chi connectivity index (χ1) is 14.5. The molecule has 0 aliphatic heterocycles. The highest BCUT2D eigenvalue weighted by atomic mass is 79.9. The highest BCUT2D eigenvalue weighted by Crippen LogP contribution is 2.60. The first-order valence-corrected chi connectivity index (χ1v) is 12.1. The van der Waals surface area contributed by atoms with E-state index in [1.165, 1.54) is 24.0 Å². The molecular weight excluding hydrogens is 441 g/mol. The van der Waals surface area contributed by atoms with Gasteiger partial charge in [0.2, 0.25) is 0 Å². The summed E-state index contributed by atoms with van der Waals surface area (Å²) in [6.07, 6.45) is 5.24. The van der Waals surface area contributed by atoms with Crippen molar-refractivity contribution in [1.29, 1.82) is 0 Å². The van der Waals surface area contributed by atoms with Crippen molar-refractivity contribution in [2.75, 3.05) is 12.4 Å². The molecule has 0 amide bonds. The van der Waals surface area contributed by atoms with Gasteiger partial charge in [-0.05, 0) is 109 Å². The summed E-state index contributed by atoms with van der Waals surface area (Å²) in [4.78, 5) is 0. The van der Waals surface area contributed by atoms with Gasteiger partial charge in [-0.2, -0.15) is 0 Å². The van der Waals surface area contributed by atoms with E-state index in [4.69, 9.17) is 4.74 Å². The van der Waals surface area contributed by atoms with Crippen LogP contribution in [0.15, 0.2) is 46.9 Å². The van der Waals surface area contributed by atoms with Gasteiger partial charge >= 0.3 is 0 Å². The van der Waals surface area contributed by atoms with E-state index in [1.807, 2.05) is 0 Å². The number of nitrogens with one attached hydrogen (secondary N) is 1. The summed E-state index contributed by atoms with van der Waals surface area (Å²) < 4.78 is 21.6. The molecule has 3 aliphatic rings. The van der Waals surface area contributed by atoms with Crippen molar-refractivity contribution < 1.29 is 9.13 Å². The Morgan fingerprint density at radius 3 is 2.67 bits per heavy atom. The molecule has 2 aromatic carbocycles. The zero-order chi connectivity index (χ0) is 20.9. The smallest absolute Gasteiger partial charge is 0.119 e. The molecule has 4 heteroatoms. The number of methoxy groups -OCH3 is 1. The molecular formula is C26H31BrFNO. The Morgan fingerprint density at radius 2 is 1.90 bits per heavy atom. The zero-order valence-corrected chi connectivity index (χ0v) is 19.4. The average Bonchev–Trinajstić information content (AvgIpc) is 2.75. The number of fused-ring (bicyclic) bond motifs is 5. The van der Waals surface area contributed by atoms with Crippen LogP contribution in [0.4, 0.5) is 10.1 Å². The van der Waals surface area contributed by atoms with Gasteiger partial charge in [-0.25, -0.2) is 4.39 Å². The zero-order valence-electron chi connectivity index (χ0n) is 17.8. The molecule has 0 spiro atoms. The van der Waals surface area contributed by atoms with Gasteiger partial charge in [0.15, 0.2) is 0 Å². The number of anilines is 1. The van der Waals surface area contributed by atoms with Gasteiger partial charge in [0.25, 0.3) is 0 Å². The van der Waals surface area contributed by atoms with E-state index >= 15 is 4.39 Å². The van der Waals surface area contributed by atoms with Crippen molar-refractivity contribution in [3.8, 4) is 5.75 Å². The minimum absolute atomic E-state index is 0.140. The summed E-state index contributed by atoms with van der Waals surface area (Å²) in [7, 11) is 1.74. The Bertz CT molecular complexity index is 916. The molecule has 0 bridgehead atoms. The Hall–Kier alpha value is -1.55. The van der Waals surface area contributed by atoms with Crippen LogP contribution in [0.2, 0.25) is 0 Å². The van der Waals surface area contributed by atoms with Gasteiger partial charge in [-0.1, -0.05) is 28.9 Å². The molecule has 5 rings (SSSR count). The number of aryl methyl sites for hydroxylation is 1. The quantitative estimate of drug-likeness (QED) is 0.513. The number of rotatable bonds is 3. The van der Waals surface area contributed by atoms with Crippen LogP contribution in [0.1, 0.15) is 56.1 Å². The van der Waals surface area contributed by atoms with Crippen molar-refractivity contribution >= 4 is 21.6 Å². The van der Waals surface area contributed by atoms with Crippen LogP contribution < -0.4 is 10.1 Å². The van der Waals surface area contributed by atoms with Crippen molar-refractivity contribution in [1.82, 2.24) is 0 Å². The molecule has 0 heterocycles. The van der Waals surface area contributed by atoms with Crippen molar-refractivity contribution in [3.05, 3.63) is 58.1 Å². The van der Waals surface area contributed by atoms with Crippen LogP contribution in [0.5, 0.6) is 5.75 Å². The van der Waals surface area contributed by atoms with Crippen LogP contribution >= 0.6 is 15.9 Å². The lowest BCUT2D eigenvalue weighted by Gasteiger charge is -2.58. The first-order valence-electron chi connectivity index (χ1n) is 11.3. The van der Waals surface area contributed by atoms with Crippen LogP contribution in [0.3, 0.4) is 0 Å². The standard InChI is InChI=1S/C26H31BrFNO/c1-26-12-11-22-21-10-8-20(30-2)13-16(21)3-9-23(22)24(26)14-18(28)15-25(26)29-19-6-4-17(27)5-7-19/h4-8,10,13,18,22-25,29H,3,9,11-12,14-15H2,1-2H3/t18-,22+,23+,24-,25-,26-/m0/s1. The summed E-state index contributed by atoms with van der Waals surface area (Å²) in [5.74, 6) is 2.53. The van der Waals surface area contributed by atoms with E-state index < -0.39 is 6.17 Å². The number of benzene rings is 2. The number of hydrogen-bond acceptors (Lipinski definition) is 2. The Kier molecular flexibility index (Phi) is 5.33. The summed E-state index contributed by atoms with van der Waals surface area (Å²) in [6.45, 7) is 2.43. The van der Waals surface area contributed by atoms with E-state index in [9.17, 15) is 0 Å². The van der Waals surface area contributed by atoms with Gasteiger partial charge in [0.1, 0.15) is 11.9 Å². The SMILES string of the molecule is COc1ccc2c(c1)CC[C@@H]1[C@@H]2CC[C@]2(C)[C@@H](Nc3ccc(Br)cc3)C[C@@H](F)C[C@@H]12. The second-order valence-electron chi connectivity index (χ2n) is 9.80. The Balaban J connectivity index is 1.43. The molecule has 3 aliphatic carbocycles. The van der Waals surface area contributed by atoms with Gasteiger partial charge in [-0.15, -0.1) is 0 Å². The molecule has 0 aromatic heterocycles. The summed E-state index contributed by atoms with van der Waals surface area (Å²) in [5.41, 5.74) is 4.17. The molecule has 2 saturated carbocycles. The lowest BCUT2D eigenvalue weighted by molar-refractivity contribution is -0.0400. The number of hydrogen-bond donors (Lipinski definition) is 1. The fraction of sp³-hybridized carbons (Fsp3) is 0.538. The van der Waals surface area contributed by atoms with Gasteiger partial charge in [0.05, 0.1) is 7.11 Å². The molecule has 2 nitrogen and oxygen atoms in total. The summed E-state index contributed by atoms with van der Waals surface area (Å²) in [5, 5.41) is 3.73. The second kappa shape index (κ2) is 7.85. The van der Waals surface area contributed by atoms with Crippen LogP contribution in [-0.2, 0) is 6.42 Å². The van der Waals surface area contributed by atoms with Crippen LogP contribution in [0, 0.1) is 17.3 Å². The van der Waals surface area contributed by atoms with E-state index in [0.717, 1.165) is 35.2 Å². The predicted molar refractivity (Wildman–Crippen MR) is 124 cm³/mol. The molecule has 0 unspecified atom stereocenters. The molecule has 6 atom stereocenters. The number of halogens is 2. The highest BCUT2D eigenvalue weighted by molar-refractivity contribution is 9.10. The number of alkyl halides is 1. The molecule has 0 radical (unpaired) electrons. The number of ether oxygens (including phenoxy) is 1. The van der Waals surface area contributed by atoms with Gasteiger partial charge in [0, 0.05) is 16.2 Å². The lowest BCUT2D eigenvalue weighted by atomic mass is 9.49. The van der Waals surface area contributed by atoms with Crippen molar-refractivity contribution in [3.63, 3.8) is 0 Å². The summed E-state index contributed by atoms with van der Waals surface area (Å²) in [6, 6.07) is 15.1. The minimum atomic E-state index is -0.716. The van der Waals surface area contributed by atoms with E-state index in [0.29, 0.717) is 24.2 Å². The largest absolute Gasteiger partial charge is 0.497 e.